The summed E-state index contributed by atoms with van der Waals surface area (Å²) in [5, 5.41) is 0.771. The Balaban J connectivity index is 1.99. The number of benzene rings is 2. The van der Waals surface area contributed by atoms with E-state index in [0.29, 0.717) is 16.1 Å². The summed E-state index contributed by atoms with van der Waals surface area (Å²) in [4.78, 5) is 15.9. The first-order chi connectivity index (χ1) is 11.8. The topological polar surface area (TPSA) is 85.4 Å². The minimum absolute atomic E-state index is 0.00677. The summed E-state index contributed by atoms with van der Waals surface area (Å²) >= 11 is 7.11. The van der Waals surface area contributed by atoms with Crippen LogP contribution in [-0.2, 0) is 14.8 Å². The van der Waals surface area contributed by atoms with E-state index in [1.165, 1.54) is 30.6 Å². The molecule has 1 aromatic heterocycles. The van der Waals surface area contributed by atoms with Crippen molar-refractivity contribution in [1.82, 2.24) is 4.98 Å². The van der Waals surface area contributed by atoms with Crippen molar-refractivity contribution in [3.05, 3.63) is 52.5 Å². The van der Waals surface area contributed by atoms with Crippen molar-refractivity contribution in [2.24, 2.45) is 0 Å². The Labute approximate surface area is 153 Å². The molecule has 3 aromatic rings. The monoisotopic (exact) mass is 396 g/mol. The number of aryl methyl sites for hydroxylation is 1. The molecule has 0 aliphatic heterocycles. The van der Waals surface area contributed by atoms with Gasteiger partial charge in [-0.25, -0.2) is 18.2 Å². The van der Waals surface area contributed by atoms with Crippen molar-refractivity contribution in [1.29, 1.82) is 0 Å². The maximum Gasteiger partial charge on any atom is 0.337 e. The second kappa shape index (κ2) is 6.62. The van der Waals surface area contributed by atoms with E-state index in [1.807, 2.05) is 0 Å². The molecular weight excluding hydrogens is 384 g/mol. The maximum absolute atomic E-state index is 12.7. The molecule has 0 aliphatic rings. The predicted octanol–water partition coefficient (Wildman–Crippen LogP) is 3.85. The second-order valence-corrected chi connectivity index (χ2v) is 8.33. The molecule has 0 saturated heterocycles. The van der Waals surface area contributed by atoms with Crippen LogP contribution in [0.4, 0.5) is 5.13 Å². The molecule has 0 amide bonds. The summed E-state index contributed by atoms with van der Waals surface area (Å²) in [6.07, 6.45) is 0. The first-order valence-corrected chi connectivity index (χ1v) is 9.76. The lowest BCUT2D eigenvalue weighted by molar-refractivity contribution is 0.0600. The SMILES string of the molecule is COC(=O)c1ccc(C)c(S(=O)(=O)Nc2nc3ccc(Cl)cc3s2)c1. The lowest BCUT2D eigenvalue weighted by Crippen LogP contribution is -2.15. The van der Waals surface area contributed by atoms with E-state index < -0.39 is 16.0 Å². The van der Waals surface area contributed by atoms with Gasteiger partial charge in [-0.3, -0.25) is 4.72 Å². The lowest BCUT2D eigenvalue weighted by Gasteiger charge is -2.09. The van der Waals surface area contributed by atoms with Gasteiger partial charge < -0.3 is 4.74 Å². The van der Waals surface area contributed by atoms with E-state index >= 15 is 0 Å². The molecule has 25 heavy (non-hydrogen) atoms. The number of nitrogens with one attached hydrogen (secondary N) is 1. The first-order valence-electron chi connectivity index (χ1n) is 7.08. The zero-order valence-electron chi connectivity index (χ0n) is 13.2. The number of thiazole rings is 1. The highest BCUT2D eigenvalue weighted by Crippen LogP contribution is 2.30. The minimum atomic E-state index is -3.91. The summed E-state index contributed by atoms with van der Waals surface area (Å²) in [6.45, 7) is 1.65. The third kappa shape index (κ3) is 3.60. The smallest absolute Gasteiger partial charge is 0.337 e. The number of nitrogens with zero attached hydrogens (tertiary/aromatic N) is 1. The van der Waals surface area contributed by atoms with E-state index in [2.05, 4.69) is 14.4 Å². The molecule has 0 bridgehead atoms. The average Bonchev–Trinajstić information content (AvgIpc) is 2.94. The van der Waals surface area contributed by atoms with E-state index in [1.54, 1.807) is 31.2 Å². The standard InChI is InChI=1S/C16H13ClN2O4S2/c1-9-3-4-10(15(20)23-2)7-14(9)25(21,22)19-16-18-12-6-5-11(17)8-13(12)24-16/h3-8H,1-2H3,(H,18,19). The van der Waals surface area contributed by atoms with Crippen LogP contribution in [0.5, 0.6) is 0 Å². The Morgan fingerprint density at radius 1 is 1.24 bits per heavy atom. The van der Waals surface area contributed by atoms with Crippen molar-refractivity contribution in [2.45, 2.75) is 11.8 Å². The number of esters is 1. The number of carbonyl (C=O) groups excluding carboxylic acids is 1. The highest BCUT2D eigenvalue weighted by Gasteiger charge is 2.21. The zero-order valence-corrected chi connectivity index (χ0v) is 15.6. The molecule has 0 unspecified atom stereocenters. The second-order valence-electron chi connectivity index (χ2n) is 5.21. The molecule has 0 fully saturated rings. The quantitative estimate of drug-likeness (QED) is 0.677. The average molecular weight is 397 g/mol. The number of rotatable bonds is 4. The Hall–Kier alpha value is -2.16. The number of methoxy groups -OCH3 is 1. The van der Waals surface area contributed by atoms with E-state index in [9.17, 15) is 13.2 Å². The van der Waals surface area contributed by atoms with E-state index in [4.69, 9.17) is 11.6 Å². The third-order valence-corrected chi connectivity index (χ3v) is 6.25. The highest BCUT2D eigenvalue weighted by atomic mass is 35.5. The molecule has 1 heterocycles. The van der Waals surface area contributed by atoms with Crippen molar-refractivity contribution < 1.29 is 17.9 Å². The lowest BCUT2D eigenvalue weighted by atomic mass is 10.1. The van der Waals surface area contributed by atoms with Crippen molar-refractivity contribution in [3.8, 4) is 0 Å². The van der Waals surface area contributed by atoms with Gasteiger partial charge in [0.15, 0.2) is 5.13 Å². The first kappa shape index (κ1) is 17.7. The fourth-order valence-electron chi connectivity index (χ4n) is 2.25. The van der Waals surface area contributed by atoms with Gasteiger partial charge in [-0.1, -0.05) is 29.0 Å². The number of sulfonamides is 1. The van der Waals surface area contributed by atoms with Crippen molar-refractivity contribution in [2.75, 3.05) is 11.8 Å². The molecule has 9 heteroatoms. The number of hydrogen-bond donors (Lipinski definition) is 1. The van der Waals surface area contributed by atoms with Gasteiger partial charge in [0, 0.05) is 5.02 Å². The molecule has 0 aliphatic carbocycles. The van der Waals surface area contributed by atoms with Gasteiger partial charge in [0.2, 0.25) is 0 Å². The molecular formula is C16H13ClN2O4S2. The fourth-order valence-corrected chi connectivity index (χ4v) is 4.90. The molecule has 1 N–H and O–H groups in total. The van der Waals surface area contributed by atoms with Gasteiger partial charge in [-0.15, -0.1) is 0 Å². The molecule has 2 aromatic carbocycles. The summed E-state index contributed by atoms with van der Waals surface area (Å²) in [6, 6.07) is 9.48. The normalized spacial score (nSPS) is 11.5. The van der Waals surface area contributed by atoms with Gasteiger partial charge >= 0.3 is 5.97 Å². The third-order valence-electron chi connectivity index (χ3n) is 3.47. The predicted molar refractivity (Wildman–Crippen MR) is 98.0 cm³/mol. The van der Waals surface area contributed by atoms with Gasteiger partial charge in [0.25, 0.3) is 10.0 Å². The van der Waals surface area contributed by atoms with Gasteiger partial charge in [0.1, 0.15) is 0 Å². The van der Waals surface area contributed by atoms with Gasteiger partial charge in [-0.2, -0.15) is 0 Å². The maximum atomic E-state index is 12.7. The Bertz CT molecular complexity index is 1080. The Morgan fingerprint density at radius 3 is 2.72 bits per heavy atom. The molecule has 130 valence electrons. The van der Waals surface area contributed by atoms with Crippen LogP contribution < -0.4 is 4.72 Å². The van der Waals surface area contributed by atoms with Crippen LogP contribution in [0.15, 0.2) is 41.3 Å². The molecule has 0 spiro atoms. The van der Waals surface area contributed by atoms with Crippen LogP contribution in [0.1, 0.15) is 15.9 Å². The highest BCUT2D eigenvalue weighted by molar-refractivity contribution is 7.93. The number of ether oxygens (including phenoxy) is 1. The number of carbonyl (C=O) groups is 1. The fraction of sp³-hybridized carbons (Fsp3) is 0.125. The number of fused-ring (bicyclic) bond motifs is 1. The van der Waals surface area contributed by atoms with E-state index in [-0.39, 0.29) is 15.6 Å². The van der Waals surface area contributed by atoms with Crippen LogP contribution in [0.25, 0.3) is 10.2 Å². The number of aromatic nitrogens is 1. The van der Waals surface area contributed by atoms with Crippen LogP contribution in [-0.4, -0.2) is 26.5 Å². The summed E-state index contributed by atoms with van der Waals surface area (Å²) < 4.78 is 33.3. The van der Waals surface area contributed by atoms with Crippen LogP contribution in [0.2, 0.25) is 5.02 Å². The molecule has 3 rings (SSSR count). The largest absolute Gasteiger partial charge is 0.465 e. The Morgan fingerprint density at radius 2 is 2.00 bits per heavy atom. The van der Waals surface area contributed by atoms with Crippen LogP contribution >= 0.6 is 22.9 Å². The number of halogens is 1. The zero-order chi connectivity index (χ0) is 18.2. The molecule has 6 nitrogen and oxygen atoms in total. The summed E-state index contributed by atoms with van der Waals surface area (Å²) in [5.74, 6) is -0.605. The van der Waals surface area contributed by atoms with E-state index in [0.717, 1.165) is 4.70 Å². The molecule has 0 radical (unpaired) electrons. The van der Waals surface area contributed by atoms with Crippen LogP contribution in [0, 0.1) is 6.92 Å². The Kier molecular flexibility index (Phi) is 4.68. The molecule has 0 atom stereocenters. The molecule has 0 saturated carbocycles. The number of hydrogen-bond acceptors (Lipinski definition) is 6. The summed E-state index contributed by atoms with van der Waals surface area (Å²) in [7, 11) is -2.67. The van der Waals surface area contributed by atoms with Crippen molar-refractivity contribution >= 4 is 54.3 Å². The number of anilines is 1. The minimum Gasteiger partial charge on any atom is -0.465 e. The van der Waals surface area contributed by atoms with Crippen molar-refractivity contribution in [3.63, 3.8) is 0 Å². The van der Waals surface area contributed by atoms with Crippen LogP contribution in [0.3, 0.4) is 0 Å². The van der Waals surface area contributed by atoms with Gasteiger partial charge in [0.05, 0.1) is 27.8 Å². The summed E-state index contributed by atoms with van der Waals surface area (Å²) in [5.41, 5.74) is 1.31. The van der Waals surface area contributed by atoms with Gasteiger partial charge in [-0.05, 0) is 42.8 Å².